The van der Waals surface area contributed by atoms with E-state index in [1.54, 1.807) is 0 Å². The zero-order chi connectivity index (χ0) is 26.1. The van der Waals surface area contributed by atoms with Gasteiger partial charge in [-0.05, 0) is 97.2 Å². The maximum Gasteiger partial charge on any atom is 0.170 e. The molecule has 2 spiro atoms. The summed E-state index contributed by atoms with van der Waals surface area (Å²) < 4.78 is 24.8. The van der Waals surface area contributed by atoms with Gasteiger partial charge in [-0.25, -0.2) is 0 Å². The van der Waals surface area contributed by atoms with Gasteiger partial charge in [0.2, 0.25) is 0 Å². The van der Waals surface area contributed by atoms with Crippen molar-refractivity contribution in [1.29, 1.82) is 0 Å². The lowest BCUT2D eigenvalue weighted by molar-refractivity contribution is -0.256. The number of fused-ring (bicyclic) bond motifs is 4. The van der Waals surface area contributed by atoms with E-state index in [9.17, 15) is 5.11 Å². The molecule has 6 heteroatoms. The normalized spacial score (nSPS) is 57.6. The molecule has 8 rings (SSSR count). The van der Waals surface area contributed by atoms with Crippen molar-refractivity contribution in [3.63, 3.8) is 0 Å². The molecule has 1 N–H and O–H groups in total. The summed E-state index contributed by atoms with van der Waals surface area (Å²) in [6, 6.07) is 0.549. The fourth-order valence-corrected chi connectivity index (χ4v) is 12.6. The third-order valence-electron chi connectivity index (χ3n) is 14.8. The van der Waals surface area contributed by atoms with Crippen LogP contribution in [0, 0.1) is 44.8 Å². The molecule has 0 bridgehead atoms. The van der Waals surface area contributed by atoms with Gasteiger partial charge in [-0.3, -0.25) is 4.90 Å². The lowest BCUT2D eigenvalue weighted by Gasteiger charge is -2.63. The molecule has 3 unspecified atom stereocenters. The third kappa shape index (κ3) is 2.96. The number of aliphatic hydroxyl groups is 1. The number of ether oxygens (including phenoxy) is 4. The first kappa shape index (κ1) is 25.5. The Morgan fingerprint density at radius 1 is 0.868 bits per heavy atom. The summed E-state index contributed by atoms with van der Waals surface area (Å²) in [5.41, 5.74) is 1.19. The number of rotatable bonds is 3. The SMILES string of the molecule is CC1(C)[C@@H](O[C@H]2CN(C3COC3)CCO2)CC[C@]23CC24CC[C@]2(C)[C@H]5CCCOC5[C@H](O)[C@@]2(C)C4CC[C@@H]13. The monoisotopic (exact) mass is 529 g/mol. The van der Waals surface area contributed by atoms with Crippen LogP contribution in [0.1, 0.15) is 85.5 Å². The van der Waals surface area contributed by atoms with Crippen molar-refractivity contribution in [2.45, 2.75) is 116 Å². The summed E-state index contributed by atoms with van der Waals surface area (Å²) in [4.78, 5) is 2.52. The highest BCUT2D eigenvalue weighted by Gasteiger charge is 2.84. The van der Waals surface area contributed by atoms with Crippen molar-refractivity contribution in [3.05, 3.63) is 0 Å². The summed E-state index contributed by atoms with van der Waals surface area (Å²) >= 11 is 0. The number of hydrogen-bond donors (Lipinski definition) is 1. The molecule has 0 radical (unpaired) electrons. The van der Waals surface area contributed by atoms with Gasteiger partial charge in [0.25, 0.3) is 0 Å². The Kier molecular flexibility index (Phi) is 5.49. The van der Waals surface area contributed by atoms with Gasteiger partial charge in [0, 0.05) is 18.6 Å². The Balaban J connectivity index is 1.04. The average Bonchev–Trinajstić information content (AvgIpc) is 3.50. The molecule has 5 saturated carbocycles. The van der Waals surface area contributed by atoms with Crippen LogP contribution in [0.15, 0.2) is 0 Å². The predicted octanol–water partition coefficient (Wildman–Crippen LogP) is 4.63. The topological polar surface area (TPSA) is 60.4 Å². The first-order chi connectivity index (χ1) is 18.2. The van der Waals surface area contributed by atoms with Gasteiger partial charge in [0.15, 0.2) is 6.29 Å². The van der Waals surface area contributed by atoms with Crippen LogP contribution in [-0.2, 0) is 18.9 Å². The Morgan fingerprint density at radius 2 is 1.66 bits per heavy atom. The van der Waals surface area contributed by atoms with E-state index in [4.69, 9.17) is 18.9 Å². The minimum absolute atomic E-state index is 0.0263. The van der Waals surface area contributed by atoms with Crippen LogP contribution in [0.3, 0.4) is 0 Å². The Labute approximate surface area is 229 Å². The Hall–Kier alpha value is -0.240. The molecule has 0 aromatic rings. The van der Waals surface area contributed by atoms with Crippen molar-refractivity contribution < 1.29 is 24.1 Å². The van der Waals surface area contributed by atoms with Gasteiger partial charge < -0.3 is 24.1 Å². The molecule has 6 nitrogen and oxygen atoms in total. The second-order valence-electron chi connectivity index (χ2n) is 15.9. The molecule has 5 aliphatic carbocycles. The van der Waals surface area contributed by atoms with Crippen LogP contribution in [0.2, 0.25) is 0 Å². The molecule has 8 fully saturated rings. The van der Waals surface area contributed by atoms with Gasteiger partial charge >= 0.3 is 0 Å². The lowest BCUT2D eigenvalue weighted by atomic mass is 9.41. The van der Waals surface area contributed by atoms with E-state index in [-0.39, 0.29) is 40.8 Å². The number of morpholine rings is 1. The van der Waals surface area contributed by atoms with E-state index in [1.807, 2.05) is 0 Å². The lowest BCUT2D eigenvalue weighted by Crippen LogP contribution is -2.60. The summed E-state index contributed by atoms with van der Waals surface area (Å²) in [5, 5.41) is 11.9. The van der Waals surface area contributed by atoms with Crippen LogP contribution in [-0.4, -0.2) is 80.2 Å². The first-order valence-electron chi connectivity index (χ1n) is 16.1. The molecule has 3 aliphatic heterocycles. The molecule has 0 aromatic heterocycles. The Morgan fingerprint density at radius 3 is 2.45 bits per heavy atom. The minimum atomic E-state index is -0.311. The molecule has 8 aliphatic rings. The van der Waals surface area contributed by atoms with Gasteiger partial charge in [-0.15, -0.1) is 0 Å². The third-order valence-corrected chi connectivity index (χ3v) is 14.8. The van der Waals surface area contributed by atoms with Gasteiger partial charge in [-0.2, -0.15) is 0 Å². The number of hydrogen-bond acceptors (Lipinski definition) is 6. The maximum atomic E-state index is 11.9. The fourth-order valence-electron chi connectivity index (χ4n) is 12.6. The molecule has 3 saturated heterocycles. The summed E-state index contributed by atoms with van der Waals surface area (Å²) in [6.07, 6.45) is 11.3. The molecule has 0 aromatic carbocycles. The van der Waals surface area contributed by atoms with Crippen molar-refractivity contribution >= 4 is 0 Å². The maximum absolute atomic E-state index is 11.9. The van der Waals surface area contributed by atoms with E-state index in [1.165, 1.54) is 44.9 Å². The molecule has 3 heterocycles. The molecule has 214 valence electrons. The van der Waals surface area contributed by atoms with Gasteiger partial charge in [0.1, 0.15) is 0 Å². The molecule has 11 atom stereocenters. The summed E-state index contributed by atoms with van der Waals surface area (Å²) in [7, 11) is 0. The van der Waals surface area contributed by atoms with E-state index >= 15 is 0 Å². The molecular formula is C32H51NO5. The van der Waals surface area contributed by atoms with Crippen LogP contribution < -0.4 is 0 Å². The van der Waals surface area contributed by atoms with Crippen LogP contribution in [0.25, 0.3) is 0 Å². The number of nitrogens with zero attached hydrogens (tertiary/aromatic N) is 1. The quantitative estimate of drug-likeness (QED) is 0.575. The smallest absolute Gasteiger partial charge is 0.170 e. The molecule has 0 amide bonds. The minimum Gasteiger partial charge on any atom is -0.390 e. The van der Waals surface area contributed by atoms with Gasteiger partial charge in [-0.1, -0.05) is 27.7 Å². The van der Waals surface area contributed by atoms with E-state index in [0.29, 0.717) is 34.6 Å². The van der Waals surface area contributed by atoms with Crippen LogP contribution in [0.4, 0.5) is 0 Å². The predicted molar refractivity (Wildman–Crippen MR) is 143 cm³/mol. The summed E-state index contributed by atoms with van der Waals surface area (Å²) in [5.74, 6) is 1.86. The van der Waals surface area contributed by atoms with Crippen molar-refractivity contribution in [2.24, 2.45) is 44.8 Å². The average molecular weight is 530 g/mol. The largest absolute Gasteiger partial charge is 0.390 e. The van der Waals surface area contributed by atoms with E-state index < -0.39 is 0 Å². The standard InChI is InChI=1S/C32H51NO5/c1-28(2)22-7-8-23-30(4)27(34)26-21(6-5-14-37-26)29(30,3)11-12-32(23)19-31(22,32)10-9-24(28)38-25-16-33(13-15-36-25)20-17-35-18-20/h20-27,34H,5-19H2,1-4H3/t21-,22-,23?,24-,25-,26?,27-,29+,30+,31+,32?/m0/s1. The first-order valence-corrected chi connectivity index (χ1v) is 16.1. The zero-order valence-electron chi connectivity index (χ0n) is 24.3. The second kappa shape index (κ2) is 8.19. The van der Waals surface area contributed by atoms with Crippen molar-refractivity contribution in [2.75, 3.05) is 39.5 Å². The zero-order valence-corrected chi connectivity index (χ0v) is 24.3. The Bertz CT molecular complexity index is 969. The van der Waals surface area contributed by atoms with Crippen LogP contribution >= 0.6 is 0 Å². The molecular weight excluding hydrogens is 478 g/mol. The van der Waals surface area contributed by atoms with E-state index in [0.717, 1.165) is 52.4 Å². The highest BCUT2D eigenvalue weighted by molar-refractivity contribution is 5.32. The second-order valence-corrected chi connectivity index (χ2v) is 15.9. The van der Waals surface area contributed by atoms with Crippen LogP contribution in [0.5, 0.6) is 0 Å². The summed E-state index contributed by atoms with van der Waals surface area (Å²) in [6.45, 7) is 15.2. The fraction of sp³-hybridized carbons (Fsp3) is 1.00. The highest BCUT2D eigenvalue weighted by Crippen LogP contribution is 2.89. The van der Waals surface area contributed by atoms with Crippen molar-refractivity contribution in [1.82, 2.24) is 4.90 Å². The highest BCUT2D eigenvalue weighted by atomic mass is 16.7. The molecule has 38 heavy (non-hydrogen) atoms. The van der Waals surface area contributed by atoms with Gasteiger partial charge in [0.05, 0.1) is 50.7 Å². The van der Waals surface area contributed by atoms with E-state index in [2.05, 4.69) is 32.6 Å². The van der Waals surface area contributed by atoms with Crippen molar-refractivity contribution in [3.8, 4) is 0 Å². The number of aliphatic hydroxyl groups excluding tert-OH is 1.